The minimum Gasteiger partial charge on any atom is -0.480 e. The molecule has 0 aliphatic heterocycles. The number of carboxylic acids is 1. The third-order valence-electron chi connectivity index (χ3n) is 4.50. The Bertz CT molecular complexity index is 515. The van der Waals surface area contributed by atoms with Crippen LogP contribution in [-0.4, -0.2) is 114 Å². The van der Waals surface area contributed by atoms with E-state index >= 15 is 0 Å². The van der Waals surface area contributed by atoms with Crippen molar-refractivity contribution in [3.05, 3.63) is 0 Å². The molecule has 0 heterocycles. The molecule has 0 unspecified atom stereocenters. The summed E-state index contributed by atoms with van der Waals surface area (Å²) in [5, 5.41) is 32.2. The van der Waals surface area contributed by atoms with E-state index in [9.17, 15) is 14.4 Å². The molecule has 0 aliphatic rings. The Hall–Kier alpha value is -0.640. The molecule has 0 radical (unpaired) electrons. The number of ether oxygens (including phenoxy) is 1. The summed E-state index contributed by atoms with van der Waals surface area (Å²) in [5.74, 6) is 0.474. The first-order valence-electron chi connectivity index (χ1n) is 12.1. The highest BCUT2D eigenvalue weighted by Crippen LogP contribution is 1.99. The topological polar surface area (TPSA) is 197 Å². The third-order valence-corrected chi connectivity index (χ3v) is 5.79. The average Bonchev–Trinajstić information content (AvgIpc) is 2.87. The molecule has 37 heavy (non-hydrogen) atoms. The molecule has 0 saturated heterocycles. The van der Waals surface area contributed by atoms with Crippen LogP contribution in [0.1, 0.15) is 46.5 Å². The molecule has 0 saturated carbocycles. The van der Waals surface area contributed by atoms with Crippen molar-refractivity contribution in [3.8, 4) is 0 Å². The maximum atomic E-state index is 10.7. The third kappa shape index (κ3) is 37.6. The van der Waals surface area contributed by atoms with Crippen molar-refractivity contribution in [1.29, 1.82) is 0 Å². The Morgan fingerprint density at radius 1 is 0.892 bits per heavy atom. The number of aliphatic carboxylic acids is 1. The Morgan fingerprint density at radius 2 is 1.24 bits per heavy atom. The van der Waals surface area contributed by atoms with Crippen molar-refractivity contribution in [3.63, 3.8) is 0 Å². The number of nitrogens with two attached hydrogens (primary N) is 2. The maximum Gasteiger partial charge on any atom is 0.322 e. The molecule has 0 fully saturated rings. The van der Waals surface area contributed by atoms with Crippen LogP contribution in [0.25, 0.3) is 0 Å². The number of rotatable bonds is 17. The van der Waals surface area contributed by atoms with Gasteiger partial charge in [-0.25, -0.2) is 0 Å². The Kier molecular flexibility index (Phi) is 39.2. The van der Waals surface area contributed by atoms with Crippen molar-refractivity contribution in [2.45, 2.75) is 70.6 Å². The molecular formula is C23H51ClN4O7S2. The number of hydrogen-bond donors (Lipinski definition) is 7. The van der Waals surface area contributed by atoms with Crippen LogP contribution in [0.5, 0.6) is 0 Å². The highest BCUT2D eigenvalue weighted by molar-refractivity contribution is 7.98. The first-order chi connectivity index (χ1) is 17.4. The van der Waals surface area contributed by atoms with Gasteiger partial charge in [-0.05, 0) is 61.3 Å². The zero-order valence-electron chi connectivity index (χ0n) is 23.2. The lowest BCUT2D eigenvalue weighted by molar-refractivity contribution is -0.142. The largest absolute Gasteiger partial charge is 0.480 e. The van der Waals surface area contributed by atoms with E-state index in [1.54, 1.807) is 23.5 Å². The van der Waals surface area contributed by atoms with E-state index in [4.69, 9.17) is 26.8 Å². The van der Waals surface area contributed by atoms with Crippen LogP contribution in [0.15, 0.2) is 0 Å². The van der Waals surface area contributed by atoms with Gasteiger partial charge in [-0.2, -0.15) is 23.5 Å². The summed E-state index contributed by atoms with van der Waals surface area (Å²) in [6.45, 7) is 7.42. The smallest absolute Gasteiger partial charge is 0.322 e. The Balaban J connectivity index is -0.000000210. The molecule has 0 aromatic carbocycles. The molecule has 0 amide bonds. The van der Waals surface area contributed by atoms with Crippen molar-refractivity contribution < 1.29 is 34.4 Å². The van der Waals surface area contributed by atoms with Gasteiger partial charge < -0.3 is 42.2 Å². The van der Waals surface area contributed by atoms with E-state index < -0.39 is 18.1 Å². The number of methoxy groups -OCH3 is 1. The zero-order chi connectivity index (χ0) is 29.6. The van der Waals surface area contributed by atoms with Gasteiger partial charge in [0.2, 0.25) is 5.24 Å². The molecule has 224 valence electrons. The highest BCUT2D eigenvalue weighted by atomic mass is 35.5. The lowest BCUT2D eigenvalue weighted by atomic mass is 10.2. The molecule has 0 aromatic heterocycles. The number of carbonyl (C=O) groups is 3. The van der Waals surface area contributed by atoms with E-state index in [1.807, 2.05) is 26.4 Å². The van der Waals surface area contributed by atoms with Crippen LogP contribution >= 0.6 is 35.1 Å². The van der Waals surface area contributed by atoms with Crippen LogP contribution in [-0.2, 0) is 19.1 Å². The molecule has 0 aliphatic carbocycles. The number of nitrogens with one attached hydrogen (secondary N) is 2. The van der Waals surface area contributed by atoms with Gasteiger partial charge in [0.1, 0.15) is 12.1 Å². The van der Waals surface area contributed by atoms with Crippen molar-refractivity contribution >= 4 is 52.3 Å². The summed E-state index contributed by atoms with van der Waals surface area (Å²) in [7, 11) is 1.35. The molecule has 0 aromatic rings. The molecule has 0 bridgehead atoms. The first kappa shape index (κ1) is 43.4. The minimum atomic E-state index is -0.913. The van der Waals surface area contributed by atoms with Gasteiger partial charge in [0.25, 0.3) is 0 Å². The second-order valence-corrected chi connectivity index (χ2v) is 10.1. The molecule has 0 spiro atoms. The highest BCUT2D eigenvalue weighted by Gasteiger charge is 2.11. The number of aliphatic hydroxyl groups is 2. The van der Waals surface area contributed by atoms with Crippen LogP contribution < -0.4 is 22.1 Å². The van der Waals surface area contributed by atoms with Gasteiger partial charge in [-0.15, -0.1) is 0 Å². The number of esters is 1. The summed E-state index contributed by atoms with van der Waals surface area (Å²) >= 11 is 7.91. The second-order valence-electron chi connectivity index (χ2n) is 7.59. The predicted octanol–water partition coefficient (Wildman–Crippen LogP) is 0.870. The monoisotopic (exact) mass is 594 g/mol. The summed E-state index contributed by atoms with van der Waals surface area (Å²) in [4.78, 5) is 29.9. The van der Waals surface area contributed by atoms with Gasteiger partial charge in [-0.1, -0.05) is 13.8 Å². The maximum absolute atomic E-state index is 10.7. The quantitative estimate of drug-likeness (QED) is 0.0712. The molecule has 0 rings (SSSR count). The van der Waals surface area contributed by atoms with Gasteiger partial charge >= 0.3 is 11.9 Å². The number of carbonyl (C=O) groups excluding carboxylic acids is 2. The fraction of sp³-hybridized carbons (Fsp3) is 0.870. The van der Waals surface area contributed by atoms with Gasteiger partial charge in [-0.3, -0.25) is 14.4 Å². The SMILES string of the molecule is CC(=O)Cl.CC[C@@H](CO)NCCN[C@@H](CC)CO.COC(=O)[C@@H](N)CCSC.CSCC[C@H](N)C(=O)O. The zero-order valence-corrected chi connectivity index (χ0v) is 25.6. The second kappa shape index (κ2) is 33.4. The Morgan fingerprint density at radius 3 is 1.49 bits per heavy atom. The summed E-state index contributed by atoms with van der Waals surface area (Å²) in [6.07, 6.45) is 7.02. The van der Waals surface area contributed by atoms with E-state index in [2.05, 4.69) is 27.0 Å². The molecule has 14 heteroatoms. The van der Waals surface area contributed by atoms with Crippen LogP contribution in [0.2, 0.25) is 0 Å². The number of aliphatic hydroxyl groups excluding tert-OH is 2. The van der Waals surface area contributed by atoms with Gasteiger partial charge in [0.05, 0.1) is 20.3 Å². The van der Waals surface area contributed by atoms with Crippen molar-refractivity contribution in [2.75, 3.05) is 57.4 Å². The average molecular weight is 595 g/mol. The van der Waals surface area contributed by atoms with Crippen LogP contribution in [0, 0.1) is 0 Å². The number of hydrogen-bond acceptors (Lipinski definition) is 12. The lowest BCUT2D eigenvalue weighted by Gasteiger charge is -2.17. The molecule has 11 nitrogen and oxygen atoms in total. The van der Waals surface area contributed by atoms with Gasteiger partial charge in [0.15, 0.2) is 0 Å². The number of thioether (sulfide) groups is 2. The summed E-state index contributed by atoms with van der Waals surface area (Å²) in [5.41, 5.74) is 10.6. The summed E-state index contributed by atoms with van der Waals surface area (Å²) in [6, 6.07) is -0.730. The van der Waals surface area contributed by atoms with E-state index in [0.717, 1.165) is 37.4 Å². The standard InChI is InChI=1S/C10H24N2O2.C6H13NO2S.C5H11NO2S.C2H3ClO/c1-3-9(7-13)11-5-6-12-10(4-2)8-14;1-9-6(8)5(7)3-4-10-2;1-9-3-2-4(6)5(7)8;1-2(3)4/h9-14H,3-8H2,1-2H3;5H,3-4,7H2,1-2H3;4H,2-3,6H2,1H3,(H,7,8);1H3/t9-,10-;5-;4-;/m000./s1. The van der Waals surface area contributed by atoms with Crippen molar-refractivity contribution in [2.24, 2.45) is 11.5 Å². The first-order valence-corrected chi connectivity index (χ1v) is 15.2. The van der Waals surface area contributed by atoms with Crippen LogP contribution in [0.3, 0.4) is 0 Å². The molecule has 4 atom stereocenters. The van der Waals surface area contributed by atoms with E-state index in [-0.39, 0.29) is 36.5 Å². The molecular weight excluding hydrogens is 544 g/mol. The lowest BCUT2D eigenvalue weighted by Crippen LogP contribution is -2.40. The number of carboxylic acid groups (broad SMARTS) is 1. The van der Waals surface area contributed by atoms with E-state index in [1.165, 1.54) is 14.0 Å². The van der Waals surface area contributed by atoms with E-state index in [0.29, 0.717) is 12.8 Å². The summed E-state index contributed by atoms with van der Waals surface area (Å²) < 4.78 is 4.44. The predicted molar refractivity (Wildman–Crippen MR) is 156 cm³/mol. The van der Waals surface area contributed by atoms with Crippen LogP contribution in [0.4, 0.5) is 0 Å². The van der Waals surface area contributed by atoms with Gasteiger partial charge in [0, 0.05) is 32.1 Å². The Labute approximate surface area is 236 Å². The molecule has 9 N–H and O–H groups in total. The fourth-order valence-corrected chi connectivity index (χ4v) is 3.09. The van der Waals surface area contributed by atoms with Crippen molar-refractivity contribution in [1.82, 2.24) is 10.6 Å². The minimum absolute atomic E-state index is 0.188. The normalized spacial score (nSPS) is 13.2. The number of halogens is 1. The fourth-order valence-electron chi connectivity index (χ4n) is 2.11.